The number of fused-ring (bicyclic) bond motifs is 1. The third kappa shape index (κ3) is 3.83. The van der Waals surface area contributed by atoms with Crippen LogP contribution in [-0.4, -0.2) is 17.0 Å². The molecule has 3 aromatic rings. The molecule has 0 radical (unpaired) electrons. The van der Waals surface area contributed by atoms with Crippen LogP contribution < -0.4 is 9.61 Å². The molecule has 7 heteroatoms. The van der Waals surface area contributed by atoms with Crippen LogP contribution in [0.1, 0.15) is 15.9 Å². The number of alkyl halides is 2. The van der Waals surface area contributed by atoms with Gasteiger partial charge in [0.2, 0.25) is 0 Å². The van der Waals surface area contributed by atoms with Gasteiger partial charge in [-0.2, -0.15) is 8.78 Å². The molecular formula is C18H13F2NO3S. The highest BCUT2D eigenvalue weighted by atomic mass is 32.1. The number of benzene rings is 2. The highest BCUT2D eigenvalue weighted by Gasteiger charge is 2.07. The first-order valence-corrected chi connectivity index (χ1v) is 8.12. The van der Waals surface area contributed by atoms with Gasteiger partial charge in [-0.3, -0.25) is 9.59 Å². The van der Waals surface area contributed by atoms with Crippen molar-refractivity contribution in [1.29, 1.82) is 0 Å². The Morgan fingerprint density at radius 1 is 1.20 bits per heavy atom. The molecule has 1 aromatic heterocycles. The second kappa shape index (κ2) is 6.98. The number of carbonyl (C=O) groups is 1. The maximum Gasteiger partial charge on any atom is 0.387 e. The van der Waals surface area contributed by atoms with E-state index in [1.54, 1.807) is 17.7 Å². The van der Waals surface area contributed by atoms with Crippen molar-refractivity contribution in [2.45, 2.75) is 6.61 Å². The molecule has 0 fully saturated rings. The van der Waals surface area contributed by atoms with Crippen molar-refractivity contribution in [3.63, 3.8) is 0 Å². The first-order valence-electron chi connectivity index (χ1n) is 7.31. The van der Waals surface area contributed by atoms with Crippen LogP contribution in [0, 0.1) is 0 Å². The molecule has 128 valence electrons. The number of hydrogen-bond acceptors (Lipinski definition) is 4. The average Bonchev–Trinajstić information content (AvgIpc) is 2.87. The number of hydrogen-bond donors (Lipinski definition) is 0. The molecule has 0 N–H and O–H groups in total. The minimum Gasteiger partial charge on any atom is -0.435 e. The predicted octanol–water partition coefficient (Wildman–Crippen LogP) is 4.10. The summed E-state index contributed by atoms with van der Waals surface area (Å²) in [4.78, 5) is 23.8. The smallest absolute Gasteiger partial charge is 0.387 e. The molecule has 0 amide bonds. The van der Waals surface area contributed by atoms with Crippen molar-refractivity contribution < 1.29 is 18.3 Å². The topological polar surface area (TPSA) is 48.3 Å². The van der Waals surface area contributed by atoms with Crippen LogP contribution in [0.5, 0.6) is 5.75 Å². The Bertz CT molecular complexity index is 1000. The lowest BCUT2D eigenvalue weighted by Crippen LogP contribution is -2.06. The van der Waals surface area contributed by atoms with Crippen molar-refractivity contribution in [2.24, 2.45) is 7.05 Å². The quantitative estimate of drug-likeness (QED) is 0.508. The lowest BCUT2D eigenvalue weighted by atomic mass is 10.1. The van der Waals surface area contributed by atoms with Gasteiger partial charge in [-0.25, -0.2) is 0 Å². The Morgan fingerprint density at radius 2 is 1.92 bits per heavy atom. The Kier molecular flexibility index (Phi) is 4.76. The molecule has 0 aliphatic carbocycles. The minimum atomic E-state index is -2.90. The van der Waals surface area contributed by atoms with E-state index in [1.165, 1.54) is 30.3 Å². The van der Waals surface area contributed by atoms with Gasteiger partial charge in [0.05, 0.1) is 10.2 Å². The number of halogens is 2. The molecule has 2 aromatic carbocycles. The number of carbonyl (C=O) groups excluding carboxylic acids is 1. The van der Waals surface area contributed by atoms with Gasteiger partial charge < -0.3 is 9.30 Å². The summed E-state index contributed by atoms with van der Waals surface area (Å²) in [5.74, 6) is -0.259. The van der Waals surface area contributed by atoms with Crippen LogP contribution >= 0.6 is 11.3 Å². The molecule has 0 saturated carbocycles. The highest BCUT2D eigenvalue weighted by molar-refractivity contribution is 7.16. The summed E-state index contributed by atoms with van der Waals surface area (Å²) in [5, 5.41) is 0. The number of thiazole rings is 1. The normalized spacial score (nSPS) is 11.5. The van der Waals surface area contributed by atoms with Gasteiger partial charge in [-0.1, -0.05) is 23.5 Å². The van der Waals surface area contributed by atoms with E-state index in [0.29, 0.717) is 5.56 Å². The van der Waals surface area contributed by atoms with Crippen LogP contribution in [-0.2, 0) is 7.05 Å². The van der Waals surface area contributed by atoms with Crippen LogP contribution in [0.15, 0.2) is 53.3 Å². The van der Waals surface area contributed by atoms with E-state index in [4.69, 9.17) is 0 Å². The molecule has 0 unspecified atom stereocenters. The summed E-state index contributed by atoms with van der Waals surface area (Å²) >= 11 is 1.14. The van der Waals surface area contributed by atoms with Crippen molar-refractivity contribution >= 4 is 33.4 Å². The monoisotopic (exact) mass is 361 g/mol. The van der Waals surface area contributed by atoms with Gasteiger partial charge >= 0.3 is 11.5 Å². The molecular weight excluding hydrogens is 348 g/mol. The van der Waals surface area contributed by atoms with Crippen molar-refractivity contribution in [3.05, 3.63) is 69.3 Å². The number of aryl methyl sites for hydroxylation is 1. The SMILES string of the molecule is Cn1c(=O)sc2cc(/C=C/C(=O)c3ccc(OC(F)F)cc3)ccc21. The van der Waals surface area contributed by atoms with E-state index >= 15 is 0 Å². The summed E-state index contributed by atoms with van der Waals surface area (Å²) in [6.45, 7) is -2.90. The molecule has 1 heterocycles. The first kappa shape index (κ1) is 17.0. The Labute approximate surface area is 145 Å². The zero-order valence-corrected chi connectivity index (χ0v) is 13.9. The third-order valence-electron chi connectivity index (χ3n) is 3.61. The summed E-state index contributed by atoms with van der Waals surface area (Å²) in [6.07, 6.45) is 3.05. The fraction of sp³-hybridized carbons (Fsp3) is 0.111. The largest absolute Gasteiger partial charge is 0.435 e. The van der Waals surface area contributed by atoms with Crippen LogP contribution in [0.4, 0.5) is 8.78 Å². The molecule has 4 nitrogen and oxygen atoms in total. The van der Waals surface area contributed by atoms with E-state index in [2.05, 4.69) is 4.74 Å². The summed E-state index contributed by atoms with van der Waals surface area (Å²) in [7, 11) is 1.71. The molecule has 0 atom stereocenters. The summed E-state index contributed by atoms with van der Waals surface area (Å²) < 4.78 is 30.9. The van der Waals surface area contributed by atoms with Gasteiger partial charge in [0, 0.05) is 12.6 Å². The number of rotatable bonds is 5. The predicted molar refractivity (Wildman–Crippen MR) is 93.5 cm³/mol. The Morgan fingerprint density at radius 3 is 2.60 bits per heavy atom. The number of nitrogens with zero attached hydrogens (tertiary/aromatic N) is 1. The molecule has 0 aliphatic heterocycles. The van der Waals surface area contributed by atoms with Crippen molar-refractivity contribution in [1.82, 2.24) is 4.57 Å². The third-order valence-corrected chi connectivity index (χ3v) is 4.60. The summed E-state index contributed by atoms with van der Waals surface area (Å²) in [5.41, 5.74) is 2.00. The van der Waals surface area contributed by atoms with Crippen molar-refractivity contribution in [3.8, 4) is 5.75 Å². The standard InChI is InChI=1S/C18H13F2NO3S/c1-21-14-8-2-11(10-16(14)25-18(21)23)3-9-15(22)12-4-6-13(7-5-12)24-17(19)20/h2-10,17H,1H3/b9-3+. The van der Waals surface area contributed by atoms with E-state index < -0.39 is 6.61 Å². The lowest BCUT2D eigenvalue weighted by molar-refractivity contribution is -0.0498. The second-order valence-corrected chi connectivity index (χ2v) is 6.25. The van der Waals surface area contributed by atoms with Gasteiger partial charge in [0.15, 0.2) is 5.78 Å². The zero-order chi connectivity index (χ0) is 18.0. The van der Waals surface area contributed by atoms with Crippen molar-refractivity contribution in [2.75, 3.05) is 0 Å². The lowest BCUT2D eigenvalue weighted by Gasteiger charge is -2.04. The number of ether oxygens (including phenoxy) is 1. The number of allylic oxidation sites excluding steroid dienone is 1. The first-order chi connectivity index (χ1) is 11.9. The van der Waals surface area contributed by atoms with E-state index in [1.807, 2.05) is 18.2 Å². The van der Waals surface area contributed by atoms with Gasteiger partial charge in [0.25, 0.3) is 0 Å². The molecule has 3 rings (SSSR count). The fourth-order valence-electron chi connectivity index (χ4n) is 2.32. The van der Waals surface area contributed by atoms with Gasteiger partial charge in [0.1, 0.15) is 5.75 Å². The number of aromatic nitrogens is 1. The van der Waals surface area contributed by atoms with E-state index in [9.17, 15) is 18.4 Å². The molecule has 0 bridgehead atoms. The zero-order valence-electron chi connectivity index (χ0n) is 13.1. The Hall–Kier alpha value is -2.80. The highest BCUT2D eigenvalue weighted by Crippen LogP contribution is 2.20. The molecule has 0 saturated heterocycles. The molecule has 0 aliphatic rings. The van der Waals surface area contributed by atoms with Crippen LogP contribution in [0.3, 0.4) is 0 Å². The number of ketones is 1. The Balaban J connectivity index is 1.77. The maximum absolute atomic E-state index is 12.1. The molecule has 25 heavy (non-hydrogen) atoms. The second-order valence-electron chi connectivity index (χ2n) is 5.25. The maximum atomic E-state index is 12.1. The summed E-state index contributed by atoms with van der Waals surface area (Å²) in [6, 6.07) is 11.0. The fourth-order valence-corrected chi connectivity index (χ4v) is 3.25. The molecule has 0 spiro atoms. The van der Waals surface area contributed by atoms with Crippen LogP contribution in [0.2, 0.25) is 0 Å². The van der Waals surface area contributed by atoms with Gasteiger partial charge in [-0.05, 0) is 48.0 Å². The average molecular weight is 361 g/mol. The van der Waals surface area contributed by atoms with E-state index in [-0.39, 0.29) is 16.4 Å². The van der Waals surface area contributed by atoms with E-state index in [0.717, 1.165) is 27.1 Å². The van der Waals surface area contributed by atoms with Crippen LogP contribution in [0.25, 0.3) is 16.3 Å². The minimum absolute atomic E-state index is 0.0000337. The van der Waals surface area contributed by atoms with Gasteiger partial charge in [-0.15, -0.1) is 0 Å².